The van der Waals surface area contributed by atoms with E-state index in [4.69, 9.17) is 5.26 Å². The van der Waals surface area contributed by atoms with E-state index in [-0.39, 0.29) is 49.7 Å². The number of amides is 2. The Hall–Kier alpha value is -3.55. The van der Waals surface area contributed by atoms with Gasteiger partial charge >= 0.3 is 6.18 Å². The van der Waals surface area contributed by atoms with E-state index in [2.05, 4.69) is 10.4 Å². The minimum absolute atomic E-state index is 0.0258. The third-order valence-electron chi connectivity index (χ3n) is 6.11. The van der Waals surface area contributed by atoms with Crippen molar-refractivity contribution in [2.24, 2.45) is 0 Å². The number of hydrogen-bond acceptors (Lipinski definition) is 5. The molecular weight excluding hydrogens is 449 g/mol. The van der Waals surface area contributed by atoms with Crippen LogP contribution in [0.25, 0.3) is 0 Å². The van der Waals surface area contributed by atoms with E-state index in [1.807, 2.05) is 19.9 Å². The highest BCUT2D eigenvalue weighted by Crippen LogP contribution is 2.35. The predicted molar refractivity (Wildman–Crippen MR) is 117 cm³/mol. The van der Waals surface area contributed by atoms with Gasteiger partial charge in [-0.1, -0.05) is 0 Å². The molecule has 1 aliphatic heterocycles. The summed E-state index contributed by atoms with van der Waals surface area (Å²) in [5.74, 6) is -0.601. The average Bonchev–Trinajstić information content (AvgIpc) is 3.55. The summed E-state index contributed by atoms with van der Waals surface area (Å²) in [6, 6.07) is 6.15. The van der Waals surface area contributed by atoms with Gasteiger partial charge in [0.1, 0.15) is 12.6 Å². The third kappa shape index (κ3) is 5.00. The number of benzene rings is 1. The van der Waals surface area contributed by atoms with Gasteiger partial charge in [-0.05, 0) is 51.0 Å². The van der Waals surface area contributed by atoms with Crippen molar-refractivity contribution in [1.29, 1.82) is 5.26 Å². The number of alkyl halides is 3. The van der Waals surface area contributed by atoms with Crippen molar-refractivity contribution >= 4 is 17.5 Å². The van der Waals surface area contributed by atoms with Crippen LogP contribution in [-0.4, -0.2) is 58.2 Å². The lowest BCUT2D eigenvalue weighted by atomic mass is 10.0. The Morgan fingerprint density at radius 3 is 2.53 bits per heavy atom. The number of hydrogen-bond donors (Lipinski definition) is 1. The van der Waals surface area contributed by atoms with Crippen LogP contribution in [0.15, 0.2) is 24.3 Å². The highest BCUT2D eigenvalue weighted by atomic mass is 19.4. The molecule has 1 aromatic carbocycles. The molecule has 34 heavy (non-hydrogen) atoms. The lowest BCUT2D eigenvalue weighted by molar-refractivity contribution is -0.141. The second-order valence-electron chi connectivity index (χ2n) is 8.76. The van der Waals surface area contributed by atoms with E-state index >= 15 is 0 Å². The Bertz CT molecular complexity index is 1150. The molecule has 0 spiro atoms. The van der Waals surface area contributed by atoms with Crippen molar-refractivity contribution in [2.75, 3.05) is 24.5 Å². The largest absolute Gasteiger partial charge is 0.417 e. The number of carbonyl (C=O) groups excluding carboxylic acids is 2. The number of carbonyl (C=O) groups is 2. The molecule has 2 heterocycles. The summed E-state index contributed by atoms with van der Waals surface area (Å²) in [5.41, 5.74) is 0.369. The van der Waals surface area contributed by atoms with Crippen LogP contribution in [0, 0.1) is 25.2 Å². The summed E-state index contributed by atoms with van der Waals surface area (Å²) in [6.45, 7) is 4.10. The molecule has 2 aliphatic rings. The maximum atomic E-state index is 13.5. The van der Waals surface area contributed by atoms with E-state index < -0.39 is 23.3 Å². The van der Waals surface area contributed by atoms with Gasteiger partial charge in [-0.2, -0.15) is 23.5 Å². The van der Waals surface area contributed by atoms with Crippen LogP contribution in [0.4, 0.5) is 18.9 Å². The number of halogens is 3. The molecule has 1 unspecified atom stereocenters. The quantitative estimate of drug-likeness (QED) is 0.718. The highest BCUT2D eigenvalue weighted by molar-refractivity contribution is 5.89. The lowest BCUT2D eigenvalue weighted by Crippen LogP contribution is -2.61. The molecule has 2 aromatic rings. The number of nitrogens with zero attached hydrogens (tertiary/aromatic N) is 5. The summed E-state index contributed by atoms with van der Waals surface area (Å²) in [5, 5.41) is 16.3. The molecule has 11 heteroatoms. The van der Waals surface area contributed by atoms with Gasteiger partial charge in [0.15, 0.2) is 0 Å². The SMILES string of the molecule is Cc1cc(C)n(CC(=O)N2CCN(c3ccc(C#N)c(C(F)(F)F)c3)CC2C(=O)NC2CC2)n1. The second-order valence-corrected chi connectivity index (χ2v) is 8.76. The van der Waals surface area contributed by atoms with Crippen LogP contribution in [0.1, 0.15) is 35.4 Å². The average molecular weight is 474 g/mol. The second kappa shape index (κ2) is 9.00. The maximum absolute atomic E-state index is 13.5. The molecule has 1 atom stereocenters. The smallest absolute Gasteiger partial charge is 0.367 e. The van der Waals surface area contributed by atoms with E-state index in [0.717, 1.165) is 36.4 Å². The van der Waals surface area contributed by atoms with Gasteiger partial charge in [0.2, 0.25) is 11.8 Å². The number of aryl methyl sites for hydroxylation is 2. The highest BCUT2D eigenvalue weighted by Gasteiger charge is 2.39. The summed E-state index contributed by atoms with van der Waals surface area (Å²) in [6.07, 6.45) is -2.94. The first-order valence-electron chi connectivity index (χ1n) is 11.0. The van der Waals surface area contributed by atoms with Crippen LogP contribution in [0.2, 0.25) is 0 Å². The third-order valence-corrected chi connectivity index (χ3v) is 6.11. The molecule has 180 valence electrons. The number of nitrogens with one attached hydrogen (secondary N) is 1. The Labute approximate surface area is 194 Å². The van der Waals surface area contributed by atoms with Crippen LogP contribution < -0.4 is 10.2 Å². The molecule has 1 saturated carbocycles. The fourth-order valence-electron chi connectivity index (χ4n) is 4.18. The molecule has 4 rings (SSSR count). The molecule has 8 nitrogen and oxygen atoms in total. The fraction of sp³-hybridized carbons (Fsp3) is 0.478. The van der Waals surface area contributed by atoms with Gasteiger partial charge < -0.3 is 15.1 Å². The van der Waals surface area contributed by atoms with Crippen molar-refractivity contribution < 1.29 is 22.8 Å². The first-order chi connectivity index (χ1) is 16.1. The number of piperazine rings is 1. The van der Waals surface area contributed by atoms with Crippen molar-refractivity contribution in [3.8, 4) is 6.07 Å². The monoisotopic (exact) mass is 474 g/mol. The summed E-state index contributed by atoms with van der Waals surface area (Å²) in [7, 11) is 0. The number of rotatable bonds is 5. The topological polar surface area (TPSA) is 94.3 Å². The van der Waals surface area contributed by atoms with Crippen LogP contribution >= 0.6 is 0 Å². The molecule has 1 N–H and O–H groups in total. The zero-order valence-electron chi connectivity index (χ0n) is 18.9. The fourth-order valence-corrected chi connectivity index (χ4v) is 4.18. The van der Waals surface area contributed by atoms with Crippen LogP contribution in [-0.2, 0) is 22.3 Å². The summed E-state index contributed by atoms with van der Waals surface area (Å²) >= 11 is 0. The molecule has 2 fully saturated rings. The maximum Gasteiger partial charge on any atom is 0.417 e. The Balaban J connectivity index is 1.58. The van der Waals surface area contributed by atoms with E-state index in [1.54, 1.807) is 15.7 Å². The molecular formula is C23H25F3N6O2. The van der Waals surface area contributed by atoms with Gasteiger partial charge in [-0.25, -0.2) is 0 Å². The van der Waals surface area contributed by atoms with Gasteiger partial charge in [-0.3, -0.25) is 14.3 Å². The molecule has 0 bridgehead atoms. The van der Waals surface area contributed by atoms with Crippen LogP contribution in [0.5, 0.6) is 0 Å². The van der Waals surface area contributed by atoms with Crippen molar-refractivity contribution in [3.63, 3.8) is 0 Å². The first kappa shape index (κ1) is 23.6. The Kier molecular flexibility index (Phi) is 6.25. The number of nitriles is 1. The molecule has 1 saturated heterocycles. The van der Waals surface area contributed by atoms with Crippen molar-refractivity contribution in [3.05, 3.63) is 46.8 Å². The van der Waals surface area contributed by atoms with Crippen molar-refractivity contribution in [1.82, 2.24) is 20.0 Å². The minimum Gasteiger partial charge on any atom is -0.367 e. The van der Waals surface area contributed by atoms with Crippen molar-refractivity contribution in [2.45, 2.75) is 51.5 Å². The predicted octanol–water partition coefficient (Wildman–Crippen LogP) is 2.39. The Morgan fingerprint density at radius 2 is 1.94 bits per heavy atom. The number of aromatic nitrogens is 2. The summed E-state index contributed by atoms with van der Waals surface area (Å²) in [4.78, 5) is 29.3. The molecule has 1 aromatic heterocycles. The minimum atomic E-state index is -4.68. The van der Waals surface area contributed by atoms with Gasteiger partial charge in [-0.15, -0.1) is 0 Å². The zero-order chi connectivity index (χ0) is 24.6. The van der Waals surface area contributed by atoms with Gasteiger partial charge in [0, 0.05) is 37.1 Å². The van der Waals surface area contributed by atoms with E-state index in [0.29, 0.717) is 0 Å². The normalized spacial score (nSPS) is 18.5. The Morgan fingerprint density at radius 1 is 1.21 bits per heavy atom. The lowest BCUT2D eigenvalue weighted by Gasteiger charge is -2.41. The van der Waals surface area contributed by atoms with E-state index in [9.17, 15) is 22.8 Å². The van der Waals surface area contributed by atoms with E-state index in [1.165, 1.54) is 11.0 Å². The standard InChI is InChI=1S/C23H25F3N6O2/c1-14-9-15(2)32(29-14)13-21(33)31-8-7-30(12-20(31)22(34)28-17-4-5-17)18-6-3-16(11-27)19(10-18)23(24,25)26/h3,6,9-10,17,20H,4-5,7-8,12-13H2,1-2H3,(H,28,34). The van der Waals surface area contributed by atoms with Gasteiger partial charge in [0.25, 0.3) is 0 Å². The zero-order valence-corrected chi connectivity index (χ0v) is 18.9. The van der Waals surface area contributed by atoms with Gasteiger partial charge in [0.05, 0.1) is 22.9 Å². The summed E-state index contributed by atoms with van der Waals surface area (Å²) < 4.78 is 41.9. The first-order valence-corrected chi connectivity index (χ1v) is 11.0. The van der Waals surface area contributed by atoms with Crippen LogP contribution in [0.3, 0.4) is 0 Å². The molecule has 0 radical (unpaired) electrons. The molecule has 2 amide bonds. The number of anilines is 1. The molecule has 1 aliphatic carbocycles.